The Balaban J connectivity index is 2.22. The van der Waals surface area contributed by atoms with Crippen LogP contribution < -0.4 is 0 Å². The normalized spacial score (nSPS) is 11.5. The molecule has 0 aliphatic carbocycles. The van der Waals surface area contributed by atoms with Crippen molar-refractivity contribution >= 4 is 23.7 Å². The van der Waals surface area contributed by atoms with Crippen molar-refractivity contribution in [1.29, 1.82) is 0 Å². The summed E-state index contributed by atoms with van der Waals surface area (Å²) in [6.07, 6.45) is 0.442. The first-order valence-corrected chi connectivity index (χ1v) is 8.16. The summed E-state index contributed by atoms with van der Waals surface area (Å²) in [5, 5.41) is 22.1. The lowest BCUT2D eigenvalue weighted by Crippen LogP contribution is -2.01. The topological polar surface area (TPSA) is 86.2 Å². The van der Waals surface area contributed by atoms with E-state index in [4.69, 9.17) is 0 Å². The average Bonchev–Trinajstić information content (AvgIpc) is 2.96. The second kappa shape index (κ2) is 8.48. The number of nitro benzene ring substituents is 1. The van der Waals surface area contributed by atoms with E-state index >= 15 is 0 Å². The molecule has 1 aromatic heterocycles. The Morgan fingerprint density at radius 1 is 1.38 bits per heavy atom. The SMILES string of the molecule is CCCCSc1nnc(C(F)F)n1N=Cc1ccc([N+](=O)[O-])cc1. The van der Waals surface area contributed by atoms with E-state index in [1.54, 1.807) is 0 Å². The number of thioether (sulfide) groups is 1. The number of alkyl halides is 2. The van der Waals surface area contributed by atoms with Gasteiger partial charge in [-0.1, -0.05) is 25.1 Å². The Labute approximate surface area is 140 Å². The largest absolute Gasteiger partial charge is 0.299 e. The van der Waals surface area contributed by atoms with Crippen LogP contribution >= 0.6 is 11.8 Å². The monoisotopic (exact) mass is 355 g/mol. The van der Waals surface area contributed by atoms with Gasteiger partial charge >= 0.3 is 0 Å². The van der Waals surface area contributed by atoms with E-state index in [1.165, 1.54) is 42.2 Å². The number of hydrogen-bond donors (Lipinski definition) is 0. The molecule has 1 aromatic carbocycles. The molecule has 2 aromatic rings. The minimum Gasteiger partial charge on any atom is -0.258 e. The number of rotatable bonds is 8. The predicted molar refractivity (Wildman–Crippen MR) is 86.7 cm³/mol. The first kappa shape index (κ1) is 18.0. The van der Waals surface area contributed by atoms with Gasteiger partial charge < -0.3 is 0 Å². The highest BCUT2D eigenvalue weighted by Gasteiger charge is 2.20. The van der Waals surface area contributed by atoms with E-state index in [0.29, 0.717) is 5.56 Å². The number of hydrogen-bond acceptors (Lipinski definition) is 6. The summed E-state index contributed by atoms with van der Waals surface area (Å²) in [5.41, 5.74) is 0.486. The molecule has 0 aliphatic heterocycles. The van der Waals surface area contributed by atoms with Gasteiger partial charge in [-0.2, -0.15) is 9.78 Å². The van der Waals surface area contributed by atoms with Crippen LogP contribution in [-0.4, -0.2) is 31.8 Å². The second-order valence-corrected chi connectivity index (χ2v) is 5.81. The number of nitro groups is 1. The highest BCUT2D eigenvalue weighted by Crippen LogP contribution is 2.24. The van der Waals surface area contributed by atoms with Crippen molar-refractivity contribution in [1.82, 2.24) is 14.9 Å². The Morgan fingerprint density at radius 3 is 2.67 bits per heavy atom. The zero-order chi connectivity index (χ0) is 17.5. The number of halogens is 2. The highest BCUT2D eigenvalue weighted by molar-refractivity contribution is 7.99. The molecular formula is C14H15F2N5O2S. The summed E-state index contributed by atoms with van der Waals surface area (Å²) in [7, 11) is 0. The number of aromatic nitrogens is 3. The lowest BCUT2D eigenvalue weighted by Gasteiger charge is -2.03. The van der Waals surface area contributed by atoms with Gasteiger partial charge in [-0.05, 0) is 24.1 Å². The molecule has 0 spiro atoms. The van der Waals surface area contributed by atoms with Crippen LogP contribution in [0.5, 0.6) is 0 Å². The summed E-state index contributed by atoms with van der Waals surface area (Å²) >= 11 is 1.30. The number of nitrogens with zero attached hydrogens (tertiary/aromatic N) is 5. The van der Waals surface area contributed by atoms with Crippen LogP contribution in [0.2, 0.25) is 0 Å². The first-order chi connectivity index (χ1) is 11.5. The number of benzene rings is 1. The van der Waals surface area contributed by atoms with Crippen LogP contribution in [-0.2, 0) is 0 Å². The molecule has 0 unspecified atom stereocenters. The van der Waals surface area contributed by atoms with Crippen LogP contribution in [0.15, 0.2) is 34.5 Å². The fourth-order valence-electron chi connectivity index (χ4n) is 1.73. The predicted octanol–water partition coefficient (Wildman–Crippen LogP) is 3.90. The molecular weight excluding hydrogens is 340 g/mol. The van der Waals surface area contributed by atoms with Gasteiger partial charge in [0, 0.05) is 17.9 Å². The third-order valence-electron chi connectivity index (χ3n) is 2.99. The Morgan fingerprint density at radius 2 is 2.08 bits per heavy atom. The minimum atomic E-state index is -2.80. The third kappa shape index (κ3) is 4.57. The molecule has 0 saturated heterocycles. The van der Waals surface area contributed by atoms with Crippen LogP contribution in [0.3, 0.4) is 0 Å². The molecule has 1 heterocycles. The zero-order valence-electron chi connectivity index (χ0n) is 12.8. The summed E-state index contributed by atoms with van der Waals surface area (Å²) in [4.78, 5) is 10.1. The van der Waals surface area contributed by atoms with Crippen molar-refractivity contribution in [3.05, 3.63) is 45.8 Å². The molecule has 0 saturated carbocycles. The Hall–Kier alpha value is -2.36. The Kier molecular flexibility index (Phi) is 6.36. The van der Waals surface area contributed by atoms with E-state index in [2.05, 4.69) is 15.3 Å². The maximum atomic E-state index is 13.0. The molecule has 128 valence electrons. The van der Waals surface area contributed by atoms with Gasteiger partial charge in [0.05, 0.1) is 11.1 Å². The van der Waals surface area contributed by atoms with Crippen LogP contribution in [0.25, 0.3) is 0 Å². The fourth-order valence-corrected chi connectivity index (χ4v) is 2.70. The van der Waals surface area contributed by atoms with Crippen LogP contribution in [0.1, 0.15) is 37.6 Å². The van der Waals surface area contributed by atoms with Crippen LogP contribution in [0.4, 0.5) is 14.5 Å². The quantitative estimate of drug-likeness (QED) is 0.236. The molecule has 2 rings (SSSR count). The summed E-state index contributed by atoms with van der Waals surface area (Å²) in [5.74, 6) is 0.192. The maximum absolute atomic E-state index is 13.0. The molecule has 7 nitrogen and oxygen atoms in total. The first-order valence-electron chi connectivity index (χ1n) is 7.18. The van der Waals surface area contributed by atoms with E-state index in [0.717, 1.165) is 23.3 Å². The van der Waals surface area contributed by atoms with E-state index < -0.39 is 17.2 Å². The molecule has 0 bridgehead atoms. The van der Waals surface area contributed by atoms with Crippen LogP contribution in [0, 0.1) is 10.1 Å². The fraction of sp³-hybridized carbons (Fsp3) is 0.357. The minimum absolute atomic E-state index is 0.0551. The summed E-state index contributed by atoms with van der Waals surface area (Å²) in [6, 6.07) is 5.60. The van der Waals surface area contributed by atoms with Crippen molar-refractivity contribution in [2.75, 3.05) is 5.75 Å². The molecule has 0 atom stereocenters. The summed E-state index contributed by atoms with van der Waals surface area (Å²) in [6.45, 7) is 2.03. The Bertz CT molecular complexity index is 718. The van der Waals surface area contributed by atoms with Crippen molar-refractivity contribution in [3.63, 3.8) is 0 Å². The van der Waals surface area contributed by atoms with E-state index in [1.807, 2.05) is 6.92 Å². The van der Waals surface area contributed by atoms with Gasteiger partial charge in [0.25, 0.3) is 12.1 Å². The van der Waals surface area contributed by atoms with Gasteiger partial charge in [0.15, 0.2) is 0 Å². The van der Waals surface area contributed by atoms with Crippen molar-refractivity contribution in [2.24, 2.45) is 5.10 Å². The van der Waals surface area contributed by atoms with E-state index in [9.17, 15) is 18.9 Å². The lowest BCUT2D eigenvalue weighted by atomic mass is 10.2. The van der Waals surface area contributed by atoms with Gasteiger partial charge in [-0.25, -0.2) is 8.78 Å². The standard InChI is InChI=1S/C14H15F2N5O2S/c1-2-3-8-24-14-19-18-13(12(15)16)20(14)17-9-10-4-6-11(7-5-10)21(22)23/h4-7,9,12H,2-3,8H2,1H3. The molecule has 24 heavy (non-hydrogen) atoms. The van der Waals surface area contributed by atoms with Crippen molar-refractivity contribution in [3.8, 4) is 0 Å². The van der Waals surface area contributed by atoms with Crippen molar-refractivity contribution in [2.45, 2.75) is 31.3 Å². The third-order valence-corrected chi connectivity index (χ3v) is 3.99. The molecule has 0 aliphatic rings. The highest BCUT2D eigenvalue weighted by atomic mass is 32.2. The van der Waals surface area contributed by atoms with Gasteiger partial charge in [0.1, 0.15) is 0 Å². The van der Waals surface area contributed by atoms with Gasteiger partial charge in [-0.3, -0.25) is 10.1 Å². The van der Waals surface area contributed by atoms with Gasteiger partial charge in [-0.15, -0.1) is 10.2 Å². The lowest BCUT2D eigenvalue weighted by molar-refractivity contribution is -0.384. The molecule has 0 radical (unpaired) electrons. The molecule has 0 fully saturated rings. The second-order valence-electron chi connectivity index (χ2n) is 4.75. The van der Waals surface area contributed by atoms with Gasteiger partial charge in [0.2, 0.25) is 11.0 Å². The number of unbranched alkanes of at least 4 members (excludes halogenated alkanes) is 1. The zero-order valence-corrected chi connectivity index (χ0v) is 13.6. The van der Waals surface area contributed by atoms with Crippen molar-refractivity contribution < 1.29 is 13.7 Å². The van der Waals surface area contributed by atoms with E-state index in [-0.39, 0.29) is 10.8 Å². The molecule has 10 heteroatoms. The average molecular weight is 355 g/mol. The smallest absolute Gasteiger partial charge is 0.258 e. The molecule has 0 N–H and O–H groups in total. The summed E-state index contributed by atoms with van der Waals surface area (Å²) < 4.78 is 27.0. The molecule has 0 amide bonds. The maximum Gasteiger partial charge on any atom is 0.299 e. The number of non-ortho nitro benzene ring substituents is 1.